The van der Waals surface area contributed by atoms with E-state index in [0.29, 0.717) is 59.9 Å². The van der Waals surface area contributed by atoms with Gasteiger partial charge in [0.15, 0.2) is 23.8 Å². The molecule has 0 atom stereocenters. The van der Waals surface area contributed by atoms with Crippen LogP contribution in [-0.4, -0.2) is 54.3 Å². The normalized spacial score (nSPS) is 10.7. The number of rotatable bonds is 12. The fraction of sp³-hybridized carbons (Fsp3) is 0.321. The lowest BCUT2D eigenvalue weighted by molar-refractivity contribution is -0.139. The van der Waals surface area contributed by atoms with Crippen molar-refractivity contribution in [3.05, 3.63) is 74.7 Å². The Morgan fingerprint density at radius 2 is 1.74 bits per heavy atom. The van der Waals surface area contributed by atoms with Crippen LogP contribution < -0.4 is 27.0 Å². The van der Waals surface area contributed by atoms with E-state index in [9.17, 15) is 23.6 Å². The van der Waals surface area contributed by atoms with Crippen LogP contribution in [0.25, 0.3) is 22.6 Å². The molecule has 2 heterocycles. The molecule has 6 N–H and O–H groups in total. The number of fused-ring (bicyclic) bond motifs is 1. The highest BCUT2D eigenvalue weighted by molar-refractivity contribution is 5.76. The third-order valence-electron chi connectivity index (χ3n) is 5.89. The fourth-order valence-electron chi connectivity index (χ4n) is 3.99. The Labute approximate surface area is 239 Å². The SMILES string of the molecule is CCCn1c(=O)c2[nH]c(-c3ccc(OCC(=O)O)cc3)nc2n(CCC)c1=O.NC(=O)CNCc1ccc(O)c(F)c1. The van der Waals surface area contributed by atoms with Crippen molar-refractivity contribution in [3.63, 3.8) is 0 Å². The standard InChI is InChI=1S/C19H22N4O5.C9H11FN2O2/c1-3-9-22-17-15(18(26)23(10-4-2)19(22)27)20-16(21-17)12-5-7-13(8-6-12)28-11-14(24)25;10-7-3-6(1-2-8(7)13)4-12-5-9(11)14/h5-8H,3-4,9-11H2,1-2H3,(H,20,21)(H,24,25);1-3,12-13H,4-5H2,(H2,11,14). The first-order valence-electron chi connectivity index (χ1n) is 13.2. The summed E-state index contributed by atoms with van der Waals surface area (Å²) in [6.45, 7) is 4.63. The summed E-state index contributed by atoms with van der Waals surface area (Å²) < 4.78 is 20.7. The van der Waals surface area contributed by atoms with Crippen LogP contribution in [0.3, 0.4) is 0 Å². The Kier molecular flexibility index (Phi) is 11.0. The molecule has 0 radical (unpaired) electrons. The molecular formula is C28H33FN6O7. The van der Waals surface area contributed by atoms with Gasteiger partial charge in [-0.05, 0) is 54.8 Å². The number of aromatic hydroxyl groups is 1. The number of imidazole rings is 1. The second kappa shape index (κ2) is 14.6. The first-order valence-corrected chi connectivity index (χ1v) is 13.2. The van der Waals surface area contributed by atoms with E-state index in [-0.39, 0.29) is 23.5 Å². The molecular weight excluding hydrogens is 551 g/mol. The number of phenols is 1. The fourth-order valence-corrected chi connectivity index (χ4v) is 3.99. The predicted molar refractivity (Wildman–Crippen MR) is 153 cm³/mol. The minimum atomic E-state index is -1.06. The van der Waals surface area contributed by atoms with E-state index in [1.54, 1.807) is 30.3 Å². The Hall–Kier alpha value is -4.98. The molecule has 224 valence electrons. The number of benzene rings is 2. The summed E-state index contributed by atoms with van der Waals surface area (Å²) in [4.78, 5) is 53.9. The molecule has 0 spiro atoms. The lowest BCUT2D eigenvalue weighted by atomic mass is 10.2. The number of aromatic nitrogens is 4. The van der Waals surface area contributed by atoms with Crippen LogP contribution in [0.15, 0.2) is 52.1 Å². The molecule has 14 heteroatoms. The maximum absolute atomic E-state index is 12.8. The summed E-state index contributed by atoms with van der Waals surface area (Å²) >= 11 is 0. The van der Waals surface area contributed by atoms with Gasteiger partial charge in [0.1, 0.15) is 17.1 Å². The zero-order chi connectivity index (χ0) is 30.8. The summed E-state index contributed by atoms with van der Waals surface area (Å²) in [6, 6.07) is 10.7. The third kappa shape index (κ3) is 8.04. The van der Waals surface area contributed by atoms with Crippen LogP contribution in [0.5, 0.6) is 11.5 Å². The second-order valence-corrected chi connectivity index (χ2v) is 9.24. The van der Waals surface area contributed by atoms with Gasteiger partial charge in [-0.25, -0.2) is 19.0 Å². The van der Waals surface area contributed by atoms with E-state index in [2.05, 4.69) is 15.3 Å². The number of primary amides is 1. The number of carbonyl (C=O) groups excluding carboxylic acids is 1. The van der Waals surface area contributed by atoms with E-state index in [1.165, 1.54) is 21.3 Å². The number of ether oxygens (including phenoxy) is 1. The molecule has 0 aliphatic carbocycles. The highest BCUT2D eigenvalue weighted by atomic mass is 19.1. The number of carbonyl (C=O) groups is 2. The van der Waals surface area contributed by atoms with Gasteiger partial charge >= 0.3 is 11.7 Å². The topological polar surface area (TPSA) is 195 Å². The van der Waals surface area contributed by atoms with Gasteiger partial charge in [0.05, 0.1) is 6.54 Å². The number of aryl methyl sites for hydroxylation is 1. The van der Waals surface area contributed by atoms with Crippen molar-refractivity contribution >= 4 is 23.0 Å². The molecule has 0 bridgehead atoms. The van der Waals surface area contributed by atoms with Crippen molar-refractivity contribution in [2.75, 3.05) is 13.2 Å². The number of aliphatic carboxylic acids is 1. The minimum absolute atomic E-state index is 0.0441. The van der Waals surface area contributed by atoms with E-state index >= 15 is 0 Å². The van der Waals surface area contributed by atoms with Crippen molar-refractivity contribution in [2.45, 2.75) is 46.3 Å². The van der Waals surface area contributed by atoms with Crippen molar-refractivity contribution in [1.82, 2.24) is 24.4 Å². The highest BCUT2D eigenvalue weighted by Crippen LogP contribution is 2.22. The van der Waals surface area contributed by atoms with Crippen LogP contribution in [-0.2, 0) is 29.2 Å². The van der Waals surface area contributed by atoms with Gasteiger partial charge in [-0.1, -0.05) is 19.9 Å². The number of halogens is 1. The summed E-state index contributed by atoms with van der Waals surface area (Å²) in [5.41, 5.74) is 6.13. The molecule has 13 nitrogen and oxygen atoms in total. The Morgan fingerprint density at radius 3 is 2.33 bits per heavy atom. The van der Waals surface area contributed by atoms with Gasteiger partial charge in [0, 0.05) is 25.2 Å². The molecule has 42 heavy (non-hydrogen) atoms. The Balaban J connectivity index is 0.000000291. The first kappa shape index (κ1) is 31.5. The number of carboxylic acid groups (broad SMARTS) is 1. The van der Waals surface area contributed by atoms with Crippen LogP contribution in [0.1, 0.15) is 32.3 Å². The number of hydrogen-bond acceptors (Lipinski definition) is 8. The molecule has 1 amide bonds. The zero-order valence-corrected chi connectivity index (χ0v) is 23.2. The largest absolute Gasteiger partial charge is 0.505 e. The molecule has 4 aromatic rings. The van der Waals surface area contributed by atoms with Gasteiger partial charge < -0.3 is 31.0 Å². The van der Waals surface area contributed by atoms with Crippen molar-refractivity contribution in [3.8, 4) is 22.9 Å². The lowest BCUT2D eigenvalue weighted by Crippen LogP contribution is -2.40. The average Bonchev–Trinajstić information content (AvgIpc) is 3.40. The summed E-state index contributed by atoms with van der Waals surface area (Å²) in [5, 5.41) is 20.3. The summed E-state index contributed by atoms with van der Waals surface area (Å²) in [6.07, 6.45) is 1.41. The van der Waals surface area contributed by atoms with Crippen molar-refractivity contribution < 1.29 is 28.9 Å². The number of nitrogens with zero attached hydrogens (tertiary/aromatic N) is 3. The first-order chi connectivity index (χ1) is 20.0. The smallest absolute Gasteiger partial charge is 0.341 e. The zero-order valence-electron chi connectivity index (χ0n) is 23.2. The van der Waals surface area contributed by atoms with Crippen LogP contribution >= 0.6 is 0 Å². The molecule has 0 saturated heterocycles. The Bertz CT molecular complexity index is 1660. The summed E-state index contributed by atoms with van der Waals surface area (Å²) in [7, 11) is 0. The molecule has 0 aliphatic heterocycles. The second-order valence-electron chi connectivity index (χ2n) is 9.24. The van der Waals surface area contributed by atoms with E-state index in [0.717, 1.165) is 6.42 Å². The molecule has 0 unspecified atom stereocenters. The number of H-pyrrole nitrogens is 1. The molecule has 2 aromatic carbocycles. The van der Waals surface area contributed by atoms with Crippen LogP contribution in [0, 0.1) is 5.82 Å². The van der Waals surface area contributed by atoms with Crippen molar-refractivity contribution in [1.29, 1.82) is 0 Å². The molecule has 0 saturated carbocycles. The van der Waals surface area contributed by atoms with E-state index in [1.807, 2.05) is 13.8 Å². The molecule has 0 fully saturated rings. The van der Waals surface area contributed by atoms with Gasteiger partial charge in [0.25, 0.3) is 5.56 Å². The van der Waals surface area contributed by atoms with Crippen LogP contribution in [0.4, 0.5) is 4.39 Å². The lowest BCUT2D eigenvalue weighted by Gasteiger charge is -2.09. The maximum atomic E-state index is 12.8. The molecule has 2 aromatic heterocycles. The number of carboxylic acids is 1. The van der Waals surface area contributed by atoms with Gasteiger partial charge in [0.2, 0.25) is 5.91 Å². The number of nitrogens with one attached hydrogen (secondary N) is 2. The van der Waals surface area contributed by atoms with E-state index in [4.69, 9.17) is 20.7 Å². The summed E-state index contributed by atoms with van der Waals surface area (Å²) in [5.74, 6) is -1.72. The van der Waals surface area contributed by atoms with Gasteiger partial charge in [-0.15, -0.1) is 0 Å². The van der Waals surface area contributed by atoms with Gasteiger partial charge in [-0.3, -0.25) is 18.7 Å². The van der Waals surface area contributed by atoms with Crippen molar-refractivity contribution in [2.24, 2.45) is 5.73 Å². The Morgan fingerprint density at radius 1 is 1.07 bits per heavy atom. The number of hydrogen-bond donors (Lipinski definition) is 5. The molecule has 4 rings (SSSR count). The maximum Gasteiger partial charge on any atom is 0.341 e. The number of amides is 1. The third-order valence-corrected chi connectivity index (χ3v) is 5.89. The van der Waals surface area contributed by atoms with Gasteiger partial charge in [-0.2, -0.15) is 0 Å². The monoisotopic (exact) mass is 584 g/mol. The highest BCUT2D eigenvalue weighted by Gasteiger charge is 2.17. The number of aromatic amines is 1. The minimum Gasteiger partial charge on any atom is -0.505 e. The molecule has 0 aliphatic rings. The van der Waals surface area contributed by atoms with Crippen LogP contribution in [0.2, 0.25) is 0 Å². The quantitative estimate of drug-likeness (QED) is 0.165. The van der Waals surface area contributed by atoms with E-state index < -0.39 is 24.3 Å². The number of nitrogens with two attached hydrogens (primary N) is 1. The number of phenolic OH excluding ortho intramolecular Hbond substituents is 1. The average molecular weight is 585 g/mol. The predicted octanol–water partition coefficient (Wildman–Crippen LogP) is 1.94.